The number of rotatable bonds is 6. The summed E-state index contributed by atoms with van der Waals surface area (Å²) in [5.74, 6) is -0.0268. The number of aryl methyl sites for hydroxylation is 1. The molecule has 0 radical (unpaired) electrons. The lowest BCUT2D eigenvalue weighted by atomic mass is 9.64. The van der Waals surface area contributed by atoms with Gasteiger partial charge in [0.25, 0.3) is 0 Å². The third-order valence-electron chi connectivity index (χ3n) is 5.23. The van der Waals surface area contributed by atoms with Crippen LogP contribution in [0, 0.1) is 6.92 Å². The highest BCUT2D eigenvalue weighted by molar-refractivity contribution is 5.92. The number of nitrogens with zero attached hydrogens (tertiary/aromatic N) is 4. The first-order valence-electron chi connectivity index (χ1n) is 9.07. The third kappa shape index (κ3) is 3.33. The van der Waals surface area contributed by atoms with Crippen LogP contribution in [0.5, 0.6) is 0 Å². The van der Waals surface area contributed by atoms with Crippen molar-refractivity contribution in [2.24, 2.45) is 5.73 Å². The van der Waals surface area contributed by atoms with Gasteiger partial charge in [0.1, 0.15) is 6.17 Å². The molecule has 0 aromatic carbocycles. The van der Waals surface area contributed by atoms with Gasteiger partial charge in [0.15, 0.2) is 0 Å². The van der Waals surface area contributed by atoms with E-state index in [2.05, 4.69) is 20.3 Å². The highest BCUT2D eigenvalue weighted by atomic mass is 19.1. The van der Waals surface area contributed by atoms with Gasteiger partial charge in [-0.3, -0.25) is 9.78 Å². The van der Waals surface area contributed by atoms with Gasteiger partial charge < -0.3 is 15.6 Å². The van der Waals surface area contributed by atoms with Gasteiger partial charge >= 0.3 is 0 Å². The van der Waals surface area contributed by atoms with Gasteiger partial charge in [0, 0.05) is 30.6 Å². The molecule has 0 atom stereocenters. The quantitative estimate of drug-likeness (QED) is 0.685. The zero-order valence-electron chi connectivity index (χ0n) is 15.5. The first-order chi connectivity index (χ1) is 13.5. The van der Waals surface area contributed by atoms with Gasteiger partial charge in [-0.05, 0) is 37.5 Å². The van der Waals surface area contributed by atoms with E-state index < -0.39 is 12.1 Å². The summed E-state index contributed by atoms with van der Waals surface area (Å²) in [4.78, 5) is 24.4. The summed E-state index contributed by atoms with van der Waals surface area (Å²) in [5.41, 5.74) is 8.04. The fourth-order valence-corrected chi connectivity index (χ4v) is 3.75. The van der Waals surface area contributed by atoms with Crippen LogP contribution in [-0.4, -0.2) is 38.1 Å². The Hall–Kier alpha value is -3.29. The lowest BCUT2D eigenvalue weighted by molar-refractivity contribution is 0.0989. The second kappa shape index (κ2) is 7.03. The molecule has 1 fully saturated rings. The molecule has 144 valence electrons. The number of hydrogen-bond donors (Lipinski definition) is 2. The molecule has 3 heterocycles. The van der Waals surface area contributed by atoms with Crippen LogP contribution in [0.3, 0.4) is 0 Å². The van der Waals surface area contributed by atoms with Crippen molar-refractivity contribution in [3.8, 4) is 5.69 Å². The van der Waals surface area contributed by atoms with Crippen LogP contribution in [-0.2, 0) is 5.41 Å². The molecule has 4 rings (SSSR count). The van der Waals surface area contributed by atoms with Crippen LogP contribution in [0.1, 0.15) is 34.5 Å². The molecule has 1 aliphatic carbocycles. The monoisotopic (exact) mass is 380 g/mol. The SMILES string of the molecule is Cc1cccnc1C1(CNc2ncc(-n3ccc(C(N)=O)c3)cn2)CC(F)C1. The number of halogens is 1. The Bertz CT molecular complexity index is 994. The Balaban J connectivity index is 1.48. The number of pyridine rings is 1. The summed E-state index contributed by atoms with van der Waals surface area (Å²) >= 11 is 0. The molecule has 0 saturated heterocycles. The Kier molecular flexibility index (Phi) is 4.54. The van der Waals surface area contributed by atoms with E-state index in [0.717, 1.165) is 11.3 Å². The maximum absolute atomic E-state index is 13.7. The number of hydrogen-bond acceptors (Lipinski definition) is 5. The fourth-order valence-electron chi connectivity index (χ4n) is 3.75. The van der Waals surface area contributed by atoms with Crippen LogP contribution in [0.25, 0.3) is 5.69 Å². The number of primary amides is 1. The summed E-state index contributed by atoms with van der Waals surface area (Å²) in [7, 11) is 0. The van der Waals surface area contributed by atoms with Crippen molar-refractivity contribution in [2.45, 2.75) is 31.4 Å². The van der Waals surface area contributed by atoms with Crippen molar-refractivity contribution in [3.05, 3.63) is 66.0 Å². The number of nitrogens with one attached hydrogen (secondary N) is 1. The molecule has 1 amide bonds. The standard InChI is InChI=1S/C20H21FN6O/c1-13-3-2-5-23-17(13)20(7-15(21)8-20)12-26-19-24-9-16(10-25-19)27-6-4-14(11-27)18(22)28/h2-6,9-11,15H,7-8,12H2,1H3,(H2,22,28)(H,24,25,26). The number of anilines is 1. The maximum Gasteiger partial charge on any atom is 0.250 e. The van der Waals surface area contributed by atoms with Gasteiger partial charge in [0.2, 0.25) is 11.9 Å². The van der Waals surface area contributed by atoms with Crippen LogP contribution < -0.4 is 11.1 Å². The summed E-state index contributed by atoms with van der Waals surface area (Å²) in [6.07, 6.45) is 8.47. The van der Waals surface area contributed by atoms with Crippen molar-refractivity contribution in [1.29, 1.82) is 0 Å². The molecule has 0 unspecified atom stereocenters. The Morgan fingerprint density at radius 2 is 2.07 bits per heavy atom. The fraction of sp³-hybridized carbons (Fsp3) is 0.300. The highest BCUT2D eigenvalue weighted by Crippen LogP contribution is 2.45. The minimum atomic E-state index is -0.806. The lowest BCUT2D eigenvalue weighted by Crippen LogP contribution is -2.48. The largest absolute Gasteiger partial charge is 0.366 e. The number of carbonyl (C=O) groups is 1. The second-order valence-corrected chi connectivity index (χ2v) is 7.24. The average Bonchev–Trinajstić information content (AvgIpc) is 3.16. The molecule has 8 heteroatoms. The van der Waals surface area contributed by atoms with E-state index in [1.807, 2.05) is 19.1 Å². The van der Waals surface area contributed by atoms with E-state index in [1.165, 1.54) is 0 Å². The van der Waals surface area contributed by atoms with E-state index in [0.29, 0.717) is 36.6 Å². The number of carbonyl (C=O) groups excluding carboxylic acids is 1. The summed E-state index contributed by atoms with van der Waals surface area (Å²) in [6.45, 7) is 2.51. The summed E-state index contributed by atoms with van der Waals surface area (Å²) in [6, 6.07) is 5.52. The second-order valence-electron chi connectivity index (χ2n) is 7.24. The van der Waals surface area contributed by atoms with Gasteiger partial charge in [-0.2, -0.15) is 0 Å². The maximum atomic E-state index is 13.7. The Labute approximate surface area is 161 Å². The van der Waals surface area contributed by atoms with E-state index in [1.54, 1.807) is 41.6 Å². The molecule has 3 aromatic heterocycles. The number of aromatic nitrogens is 4. The third-order valence-corrected chi connectivity index (χ3v) is 5.23. The van der Waals surface area contributed by atoms with Crippen LogP contribution >= 0.6 is 0 Å². The number of nitrogens with two attached hydrogens (primary N) is 1. The average molecular weight is 380 g/mol. The number of amides is 1. The minimum Gasteiger partial charge on any atom is -0.366 e. The van der Waals surface area contributed by atoms with Crippen molar-refractivity contribution in [3.63, 3.8) is 0 Å². The topological polar surface area (TPSA) is 98.7 Å². The van der Waals surface area contributed by atoms with Crippen LogP contribution in [0.15, 0.2) is 49.2 Å². The summed E-state index contributed by atoms with van der Waals surface area (Å²) in [5, 5.41) is 3.22. The molecule has 7 nitrogen and oxygen atoms in total. The molecular weight excluding hydrogens is 359 g/mol. The predicted octanol–water partition coefficient (Wildman–Crippen LogP) is 2.55. The van der Waals surface area contributed by atoms with Crippen molar-refractivity contribution < 1.29 is 9.18 Å². The summed E-state index contributed by atoms with van der Waals surface area (Å²) < 4.78 is 15.5. The minimum absolute atomic E-state index is 0.344. The molecule has 3 N–H and O–H groups in total. The predicted molar refractivity (Wildman–Crippen MR) is 103 cm³/mol. The number of alkyl halides is 1. The molecule has 0 spiro atoms. The van der Waals surface area contributed by atoms with Crippen molar-refractivity contribution in [2.75, 3.05) is 11.9 Å². The first kappa shape index (κ1) is 18.1. The van der Waals surface area contributed by atoms with Gasteiger partial charge in [-0.15, -0.1) is 0 Å². The molecule has 0 aliphatic heterocycles. The molecule has 28 heavy (non-hydrogen) atoms. The molecule has 3 aromatic rings. The first-order valence-corrected chi connectivity index (χ1v) is 9.07. The van der Waals surface area contributed by atoms with Gasteiger partial charge in [-0.25, -0.2) is 14.4 Å². The van der Waals surface area contributed by atoms with Crippen molar-refractivity contribution >= 4 is 11.9 Å². The molecule has 0 bridgehead atoms. The van der Waals surface area contributed by atoms with E-state index >= 15 is 0 Å². The lowest BCUT2D eigenvalue weighted by Gasteiger charge is -2.44. The van der Waals surface area contributed by atoms with Crippen LogP contribution in [0.4, 0.5) is 10.3 Å². The molecular formula is C20H21FN6O. The zero-order valence-corrected chi connectivity index (χ0v) is 15.5. The Morgan fingerprint density at radius 1 is 1.32 bits per heavy atom. The van der Waals surface area contributed by atoms with Crippen LogP contribution in [0.2, 0.25) is 0 Å². The van der Waals surface area contributed by atoms with E-state index in [9.17, 15) is 9.18 Å². The molecule has 1 saturated carbocycles. The normalized spacial score (nSPS) is 21.1. The smallest absolute Gasteiger partial charge is 0.250 e. The Morgan fingerprint density at radius 3 is 2.68 bits per heavy atom. The molecule has 1 aliphatic rings. The van der Waals surface area contributed by atoms with Crippen molar-refractivity contribution in [1.82, 2.24) is 19.5 Å². The zero-order chi connectivity index (χ0) is 19.7. The van der Waals surface area contributed by atoms with Gasteiger partial charge in [0.05, 0.1) is 29.3 Å². The van der Waals surface area contributed by atoms with Gasteiger partial charge in [-0.1, -0.05) is 6.07 Å². The van der Waals surface area contributed by atoms with E-state index in [-0.39, 0.29) is 5.41 Å². The van der Waals surface area contributed by atoms with E-state index in [4.69, 9.17) is 5.73 Å². The highest BCUT2D eigenvalue weighted by Gasteiger charge is 2.47.